The van der Waals surface area contributed by atoms with Crippen LogP contribution in [0.3, 0.4) is 0 Å². The maximum atomic E-state index is 11.2. The molecule has 0 spiro atoms. The summed E-state index contributed by atoms with van der Waals surface area (Å²) in [6, 6.07) is 4.70. The molecule has 0 radical (unpaired) electrons. The molecule has 1 aromatic rings. The van der Waals surface area contributed by atoms with Crippen molar-refractivity contribution in [1.82, 2.24) is 0 Å². The molecule has 1 unspecified atom stereocenters. The molecule has 0 fully saturated rings. The normalized spacial score (nSPS) is 11.5. The standard InChI is InChI=1S/C12H14O5/c1-8(12(14)16-3)17-11-6-9(7-13)4-5-10(11)15-2/h4-8H,1-3H3. The molecule has 5 nitrogen and oxygen atoms in total. The van der Waals surface area contributed by atoms with E-state index in [1.165, 1.54) is 20.3 Å². The molecule has 1 rings (SSSR count). The molecule has 17 heavy (non-hydrogen) atoms. The van der Waals surface area contributed by atoms with E-state index in [2.05, 4.69) is 4.74 Å². The lowest BCUT2D eigenvalue weighted by atomic mass is 10.2. The quantitative estimate of drug-likeness (QED) is 0.574. The van der Waals surface area contributed by atoms with E-state index >= 15 is 0 Å². The lowest BCUT2D eigenvalue weighted by Crippen LogP contribution is -2.25. The number of esters is 1. The molecule has 1 atom stereocenters. The van der Waals surface area contributed by atoms with Crippen LogP contribution < -0.4 is 9.47 Å². The summed E-state index contributed by atoms with van der Waals surface area (Å²) in [6.07, 6.45) is -0.0782. The van der Waals surface area contributed by atoms with Gasteiger partial charge in [0.1, 0.15) is 6.29 Å². The summed E-state index contributed by atoms with van der Waals surface area (Å²) >= 11 is 0. The minimum atomic E-state index is -0.768. The van der Waals surface area contributed by atoms with Crippen molar-refractivity contribution in [2.24, 2.45) is 0 Å². The average Bonchev–Trinajstić information content (AvgIpc) is 2.37. The third kappa shape index (κ3) is 3.21. The first-order chi connectivity index (χ1) is 8.12. The second kappa shape index (κ2) is 5.89. The van der Waals surface area contributed by atoms with Gasteiger partial charge in [-0.15, -0.1) is 0 Å². The Morgan fingerprint density at radius 1 is 1.29 bits per heavy atom. The number of carbonyl (C=O) groups excluding carboxylic acids is 2. The molecule has 0 bridgehead atoms. The van der Waals surface area contributed by atoms with E-state index in [0.29, 0.717) is 23.3 Å². The molecule has 0 aliphatic heterocycles. The maximum Gasteiger partial charge on any atom is 0.346 e. The molecular weight excluding hydrogens is 224 g/mol. The van der Waals surface area contributed by atoms with Crippen LogP contribution in [0.5, 0.6) is 11.5 Å². The minimum Gasteiger partial charge on any atom is -0.493 e. The van der Waals surface area contributed by atoms with Gasteiger partial charge in [-0.2, -0.15) is 0 Å². The van der Waals surface area contributed by atoms with E-state index in [1.807, 2.05) is 0 Å². The largest absolute Gasteiger partial charge is 0.493 e. The van der Waals surface area contributed by atoms with Crippen molar-refractivity contribution < 1.29 is 23.8 Å². The number of benzene rings is 1. The fourth-order valence-corrected chi connectivity index (χ4v) is 1.26. The van der Waals surface area contributed by atoms with Crippen LogP contribution in [0.2, 0.25) is 0 Å². The fourth-order valence-electron chi connectivity index (χ4n) is 1.26. The number of methoxy groups -OCH3 is 2. The second-order valence-electron chi connectivity index (χ2n) is 3.31. The smallest absolute Gasteiger partial charge is 0.346 e. The Bertz CT molecular complexity index is 413. The first-order valence-corrected chi connectivity index (χ1v) is 5.00. The summed E-state index contributed by atoms with van der Waals surface area (Å²) < 4.78 is 15.0. The molecule has 0 N–H and O–H groups in total. The number of hydrogen-bond donors (Lipinski definition) is 0. The SMILES string of the molecule is COC(=O)C(C)Oc1cc(C=O)ccc1OC. The second-order valence-corrected chi connectivity index (χ2v) is 3.31. The summed E-state index contributed by atoms with van der Waals surface area (Å²) in [5.74, 6) is 0.282. The number of hydrogen-bond acceptors (Lipinski definition) is 5. The Balaban J connectivity index is 2.94. The maximum absolute atomic E-state index is 11.2. The Morgan fingerprint density at radius 3 is 2.53 bits per heavy atom. The van der Waals surface area contributed by atoms with Gasteiger partial charge in [0.2, 0.25) is 0 Å². The van der Waals surface area contributed by atoms with Crippen LogP contribution in [0, 0.1) is 0 Å². The van der Waals surface area contributed by atoms with E-state index in [9.17, 15) is 9.59 Å². The van der Waals surface area contributed by atoms with Gasteiger partial charge in [0.15, 0.2) is 17.6 Å². The average molecular weight is 238 g/mol. The summed E-state index contributed by atoms with van der Waals surface area (Å²) in [7, 11) is 2.76. The summed E-state index contributed by atoms with van der Waals surface area (Å²) in [6.45, 7) is 1.55. The third-order valence-corrected chi connectivity index (χ3v) is 2.16. The van der Waals surface area contributed by atoms with Gasteiger partial charge in [-0.05, 0) is 25.1 Å². The van der Waals surface area contributed by atoms with Gasteiger partial charge in [-0.25, -0.2) is 4.79 Å². The van der Waals surface area contributed by atoms with Crippen molar-refractivity contribution >= 4 is 12.3 Å². The molecule has 0 heterocycles. The number of carbonyl (C=O) groups is 2. The molecule has 0 aliphatic carbocycles. The highest BCUT2D eigenvalue weighted by atomic mass is 16.6. The number of ether oxygens (including phenoxy) is 3. The molecular formula is C12H14O5. The molecule has 0 amide bonds. The first kappa shape index (κ1) is 13.0. The van der Waals surface area contributed by atoms with Crippen molar-refractivity contribution in [3.05, 3.63) is 23.8 Å². The van der Waals surface area contributed by atoms with Crippen LogP contribution >= 0.6 is 0 Å². The van der Waals surface area contributed by atoms with Gasteiger partial charge in [0, 0.05) is 5.56 Å². The predicted molar refractivity (Wildman–Crippen MR) is 60.5 cm³/mol. The van der Waals surface area contributed by atoms with Crippen molar-refractivity contribution in [3.8, 4) is 11.5 Å². The summed E-state index contributed by atoms with van der Waals surface area (Å²) in [5.41, 5.74) is 0.442. The fraction of sp³-hybridized carbons (Fsp3) is 0.333. The van der Waals surface area contributed by atoms with Crippen molar-refractivity contribution in [2.45, 2.75) is 13.0 Å². The van der Waals surface area contributed by atoms with Crippen LogP contribution in [-0.4, -0.2) is 32.6 Å². The van der Waals surface area contributed by atoms with E-state index in [-0.39, 0.29) is 0 Å². The molecule has 0 saturated heterocycles. The summed E-state index contributed by atoms with van der Waals surface area (Å²) in [4.78, 5) is 21.9. The van der Waals surface area contributed by atoms with Gasteiger partial charge >= 0.3 is 5.97 Å². The Kier molecular flexibility index (Phi) is 4.51. The van der Waals surface area contributed by atoms with Crippen LogP contribution in [0.1, 0.15) is 17.3 Å². The topological polar surface area (TPSA) is 61.8 Å². The van der Waals surface area contributed by atoms with E-state index in [4.69, 9.17) is 9.47 Å². The first-order valence-electron chi connectivity index (χ1n) is 5.00. The minimum absolute atomic E-state index is 0.329. The molecule has 1 aromatic carbocycles. The molecule has 0 aliphatic rings. The Hall–Kier alpha value is -2.04. The zero-order valence-electron chi connectivity index (χ0n) is 9.93. The van der Waals surface area contributed by atoms with Gasteiger partial charge in [-0.3, -0.25) is 4.79 Å². The summed E-state index contributed by atoms with van der Waals surface area (Å²) in [5, 5.41) is 0. The van der Waals surface area contributed by atoms with Crippen LogP contribution in [0.15, 0.2) is 18.2 Å². The highest BCUT2D eigenvalue weighted by Gasteiger charge is 2.17. The van der Waals surface area contributed by atoms with E-state index in [0.717, 1.165) is 0 Å². The van der Waals surface area contributed by atoms with Gasteiger partial charge in [0.05, 0.1) is 14.2 Å². The molecule has 0 aromatic heterocycles. The zero-order valence-corrected chi connectivity index (χ0v) is 9.93. The van der Waals surface area contributed by atoms with Crippen molar-refractivity contribution in [3.63, 3.8) is 0 Å². The Morgan fingerprint density at radius 2 is 2.00 bits per heavy atom. The third-order valence-electron chi connectivity index (χ3n) is 2.16. The van der Waals surface area contributed by atoms with Crippen LogP contribution in [0.25, 0.3) is 0 Å². The van der Waals surface area contributed by atoms with E-state index < -0.39 is 12.1 Å². The van der Waals surface area contributed by atoms with Gasteiger partial charge < -0.3 is 14.2 Å². The molecule has 0 saturated carbocycles. The number of rotatable bonds is 5. The molecule has 5 heteroatoms. The lowest BCUT2D eigenvalue weighted by molar-refractivity contribution is -0.147. The number of aldehydes is 1. The van der Waals surface area contributed by atoms with Crippen LogP contribution in [-0.2, 0) is 9.53 Å². The predicted octanol–water partition coefficient (Wildman–Crippen LogP) is 1.45. The molecule has 92 valence electrons. The van der Waals surface area contributed by atoms with E-state index in [1.54, 1.807) is 19.1 Å². The highest BCUT2D eigenvalue weighted by molar-refractivity contribution is 5.77. The van der Waals surface area contributed by atoms with Gasteiger partial charge in [-0.1, -0.05) is 0 Å². The highest BCUT2D eigenvalue weighted by Crippen LogP contribution is 2.28. The van der Waals surface area contributed by atoms with Gasteiger partial charge in [0.25, 0.3) is 0 Å². The van der Waals surface area contributed by atoms with Crippen LogP contribution in [0.4, 0.5) is 0 Å². The zero-order chi connectivity index (χ0) is 12.8. The lowest BCUT2D eigenvalue weighted by Gasteiger charge is -2.15. The van der Waals surface area contributed by atoms with Crippen molar-refractivity contribution in [1.29, 1.82) is 0 Å². The van der Waals surface area contributed by atoms with Crippen molar-refractivity contribution in [2.75, 3.05) is 14.2 Å². The Labute approximate surface area is 99.3 Å². The monoisotopic (exact) mass is 238 g/mol.